The van der Waals surface area contributed by atoms with Gasteiger partial charge in [-0.2, -0.15) is 17.7 Å². The van der Waals surface area contributed by atoms with Crippen LogP contribution in [0.2, 0.25) is 0 Å². The molecule has 1 unspecified atom stereocenters. The first-order valence-corrected chi connectivity index (χ1v) is 11.5. The zero-order chi connectivity index (χ0) is 24.0. The summed E-state index contributed by atoms with van der Waals surface area (Å²) in [7, 11) is 1.66. The molecule has 2 heterocycles. The summed E-state index contributed by atoms with van der Waals surface area (Å²) < 4.78 is 41.5. The van der Waals surface area contributed by atoms with E-state index in [-0.39, 0.29) is 11.8 Å². The van der Waals surface area contributed by atoms with Gasteiger partial charge in [-0.3, -0.25) is 4.79 Å². The van der Waals surface area contributed by atoms with Gasteiger partial charge in [0, 0.05) is 24.5 Å². The molecule has 4 rings (SSSR count). The van der Waals surface area contributed by atoms with Gasteiger partial charge in [0.15, 0.2) is 12.5 Å². The Bertz CT molecular complexity index is 1140. The molecule has 6 nitrogen and oxygen atoms in total. The minimum atomic E-state index is -4.51. The number of nitrogens with zero attached hydrogens (tertiary/aromatic N) is 3. The van der Waals surface area contributed by atoms with Crippen molar-refractivity contribution < 1.29 is 27.6 Å². The van der Waals surface area contributed by atoms with E-state index < -0.39 is 24.1 Å². The van der Waals surface area contributed by atoms with Gasteiger partial charge in [0.1, 0.15) is 17.1 Å². The van der Waals surface area contributed by atoms with Crippen molar-refractivity contribution in [3.8, 4) is 10.4 Å². The number of nitrogens with one attached hydrogen (secondary N) is 1. The number of carbonyl (C=O) groups is 1. The summed E-state index contributed by atoms with van der Waals surface area (Å²) in [5.41, 5.74) is 1.32. The molecule has 1 fully saturated rings. The average Bonchev–Trinajstić information content (AvgIpc) is 3.34. The van der Waals surface area contributed by atoms with Crippen molar-refractivity contribution in [2.75, 3.05) is 12.4 Å². The lowest BCUT2D eigenvalue weighted by molar-refractivity contribution is -0.697. The third kappa shape index (κ3) is 4.90. The number of aromatic nitrogens is 1. The van der Waals surface area contributed by atoms with Gasteiger partial charge in [-0.1, -0.05) is 17.4 Å². The fourth-order valence-electron chi connectivity index (χ4n) is 4.07. The standard InChI is InChI=1S/C23H25F3N4O2S/c1-4-30-13-17(33-20(30)22(6-7-22)12-19(31)32)15-9-14(2)10-16(11-15)27-21-28-18(23(24,25)26)5-8-29(21)3/h5,8-11,13,21,27H,4,6-7,12H2,1-3H3/p+1. The Labute approximate surface area is 194 Å². The van der Waals surface area contributed by atoms with Crippen LogP contribution in [-0.2, 0) is 16.8 Å². The summed E-state index contributed by atoms with van der Waals surface area (Å²) in [5, 5.41) is 13.5. The molecule has 0 spiro atoms. The van der Waals surface area contributed by atoms with Crippen LogP contribution in [0.3, 0.4) is 0 Å². The maximum atomic E-state index is 13.1. The number of aryl methyl sites for hydroxylation is 2. The van der Waals surface area contributed by atoms with Crippen LogP contribution >= 0.6 is 11.3 Å². The number of rotatable bonds is 7. The van der Waals surface area contributed by atoms with E-state index in [0.29, 0.717) is 5.69 Å². The molecular weight excluding hydrogens is 453 g/mol. The lowest BCUT2D eigenvalue weighted by atomic mass is 10.0. The van der Waals surface area contributed by atoms with Gasteiger partial charge in [0.2, 0.25) is 5.01 Å². The maximum absolute atomic E-state index is 13.1. The van der Waals surface area contributed by atoms with Gasteiger partial charge in [0.25, 0.3) is 0 Å². The number of hydrogen-bond acceptors (Lipinski definition) is 5. The van der Waals surface area contributed by atoms with Gasteiger partial charge < -0.3 is 15.3 Å². The Morgan fingerprint density at radius 2 is 2.09 bits per heavy atom. The third-order valence-electron chi connectivity index (χ3n) is 5.94. The van der Waals surface area contributed by atoms with Gasteiger partial charge >= 0.3 is 12.1 Å². The Kier molecular flexibility index (Phi) is 5.98. The Hall–Kier alpha value is -2.88. The molecule has 0 amide bonds. The van der Waals surface area contributed by atoms with Crippen molar-refractivity contribution in [1.29, 1.82) is 0 Å². The molecule has 0 saturated heterocycles. The van der Waals surface area contributed by atoms with E-state index in [4.69, 9.17) is 0 Å². The Morgan fingerprint density at radius 3 is 2.70 bits per heavy atom. The zero-order valence-electron chi connectivity index (χ0n) is 18.6. The first-order chi connectivity index (χ1) is 15.5. The topological polar surface area (TPSA) is 68.8 Å². The predicted octanol–water partition coefficient (Wildman–Crippen LogP) is 4.70. The van der Waals surface area contributed by atoms with Crippen LogP contribution in [-0.4, -0.2) is 41.2 Å². The Morgan fingerprint density at radius 1 is 1.36 bits per heavy atom. The minimum absolute atomic E-state index is 0.120. The number of hydrogen-bond donors (Lipinski definition) is 2. The molecule has 176 valence electrons. The highest BCUT2D eigenvalue weighted by Gasteiger charge is 2.53. The number of aliphatic carboxylic acids is 1. The molecule has 2 N–H and O–H groups in total. The van der Waals surface area contributed by atoms with Crippen LogP contribution in [0, 0.1) is 6.92 Å². The number of anilines is 1. The molecule has 1 aliphatic carbocycles. The van der Waals surface area contributed by atoms with Crippen LogP contribution in [0.1, 0.15) is 36.8 Å². The van der Waals surface area contributed by atoms with Crippen LogP contribution in [0.15, 0.2) is 41.7 Å². The molecule has 1 saturated carbocycles. The number of carboxylic acid groups (broad SMARTS) is 1. The lowest BCUT2D eigenvalue weighted by Crippen LogP contribution is -2.39. The van der Waals surface area contributed by atoms with Gasteiger partial charge in [-0.05, 0) is 50.5 Å². The van der Waals surface area contributed by atoms with Crippen molar-refractivity contribution in [2.24, 2.45) is 4.99 Å². The highest BCUT2D eigenvalue weighted by molar-refractivity contribution is 7.15. The Balaban J connectivity index is 1.64. The van der Waals surface area contributed by atoms with Gasteiger partial charge in [-0.15, -0.1) is 0 Å². The molecule has 33 heavy (non-hydrogen) atoms. The van der Waals surface area contributed by atoms with E-state index in [0.717, 1.165) is 46.5 Å². The second-order valence-corrected chi connectivity index (χ2v) is 9.67. The fourth-order valence-corrected chi connectivity index (χ4v) is 5.49. The smallest absolute Gasteiger partial charge is 0.433 e. The molecule has 1 aliphatic heterocycles. The molecule has 1 atom stereocenters. The highest BCUT2D eigenvalue weighted by atomic mass is 32.1. The molecule has 2 aromatic rings. The van der Waals surface area contributed by atoms with Gasteiger partial charge in [-0.25, -0.2) is 4.99 Å². The fraction of sp³-hybridized carbons (Fsp3) is 0.435. The van der Waals surface area contributed by atoms with Crippen LogP contribution < -0.4 is 9.88 Å². The SMILES string of the molecule is CC[n+]1cc(-c2cc(C)cc(NC3N=C(C(F)(F)F)C=CN3C)c2)sc1C1(CC(=O)O)CC1. The largest absolute Gasteiger partial charge is 0.481 e. The summed E-state index contributed by atoms with van der Waals surface area (Å²) in [5.74, 6) is -0.795. The van der Waals surface area contributed by atoms with Crippen molar-refractivity contribution in [3.63, 3.8) is 0 Å². The number of thiazole rings is 1. The molecule has 0 bridgehead atoms. The second-order valence-electron chi connectivity index (χ2n) is 8.64. The molecule has 10 heteroatoms. The summed E-state index contributed by atoms with van der Waals surface area (Å²) in [4.78, 5) is 17.8. The predicted molar refractivity (Wildman–Crippen MR) is 121 cm³/mol. The van der Waals surface area contributed by atoms with Crippen LogP contribution in [0.4, 0.5) is 18.9 Å². The van der Waals surface area contributed by atoms with E-state index in [1.165, 1.54) is 6.20 Å². The van der Waals surface area contributed by atoms with Gasteiger partial charge in [0.05, 0.1) is 11.8 Å². The van der Waals surface area contributed by atoms with E-state index in [1.54, 1.807) is 23.3 Å². The molecule has 1 aromatic heterocycles. The van der Waals surface area contributed by atoms with Crippen molar-refractivity contribution in [1.82, 2.24) is 4.90 Å². The van der Waals surface area contributed by atoms with E-state index in [9.17, 15) is 23.1 Å². The van der Waals surface area contributed by atoms with E-state index in [2.05, 4.69) is 14.9 Å². The van der Waals surface area contributed by atoms with E-state index in [1.807, 2.05) is 38.2 Å². The summed E-state index contributed by atoms with van der Waals surface area (Å²) in [6, 6.07) is 5.79. The minimum Gasteiger partial charge on any atom is -0.481 e. The molecular formula is C23H26F3N4O2S+. The number of alkyl halides is 3. The monoisotopic (exact) mass is 479 g/mol. The highest BCUT2D eigenvalue weighted by Crippen LogP contribution is 2.52. The summed E-state index contributed by atoms with van der Waals surface area (Å²) in [6.45, 7) is 4.69. The van der Waals surface area contributed by atoms with Crippen LogP contribution in [0.25, 0.3) is 10.4 Å². The number of benzene rings is 1. The maximum Gasteiger partial charge on any atom is 0.433 e. The normalized spacial score (nSPS) is 19.4. The number of aliphatic imine (C=N–C) groups is 1. The summed E-state index contributed by atoms with van der Waals surface area (Å²) in [6.07, 6.45) is 0.808. The van der Waals surface area contributed by atoms with Crippen molar-refractivity contribution >= 4 is 28.7 Å². The van der Waals surface area contributed by atoms with Crippen molar-refractivity contribution in [3.05, 3.63) is 47.2 Å². The molecule has 1 aromatic carbocycles. The quantitative estimate of drug-likeness (QED) is 0.565. The van der Waals surface area contributed by atoms with Crippen molar-refractivity contribution in [2.45, 2.75) is 57.5 Å². The number of halogens is 3. The molecule has 2 aliphatic rings. The number of allylic oxidation sites excluding steroid dienone is 1. The molecule has 0 radical (unpaired) electrons. The van der Waals surface area contributed by atoms with E-state index >= 15 is 0 Å². The number of carboxylic acids is 1. The first kappa shape index (κ1) is 23.3. The zero-order valence-corrected chi connectivity index (χ0v) is 19.4. The third-order valence-corrected chi connectivity index (χ3v) is 7.36. The van der Waals surface area contributed by atoms with Crippen LogP contribution in [0.5, 0.6) is 0 Å². The first-order valence-electron chi connectivity index (χ1n) is 10.7. The lowest BCUT2D eigenvalue weighted by Gasteiger charge is -2.29. The summed E-state index contributed by atoms with van der Waals surface area (Å²) >= 11 is 1.59. The average molecular weight is 480 g/mol. The second kappa shape index (κ2) is 8.48.